The lowest BCUT2D eigenvalue weighted by molar-refractivity contribution is -0.123. The molecule has 0 radical (unpaired) electrons. The predicted octanol–water partition coefficient (Wildman–Crippen LogP) is 2.61. The van der Waals surface area contributed by atoms with Gasteiger partial charge in [0.2, 0.25) is 5.91 Å². The molecule has 3 N–H and O–H groups in total. The van der Waals surface area contributed by atoms with Crippen molar-refractivity contribution in [3.63, 3.8) is 0 Å². The minimum atomic E-state index is -0.451. The van der Waals surface area contributed by atoms with Gasteiger partial charge in [0, 0.05) is 4.47 Å². The van der Waals surface area contributed by atoms with Gasteiger partial charge in [-0.05, 0) is 30.5 Å². The van der Waals surface area contributed by atoms with E-state index in [1.54, 1.807) is 0 Å². The minimum Gasteiger partial charge on any atom is -0.348 e. The van der Waals surface area contributed by atoms with Gasteiger partial charge in [0.1, 0.15) is 0 Å². The quantitative estimate of drug-likeness (QED) is 0.898. The zero-order valence-corrected chi connectivity index (χ0v) is 12.0. The van der Waals surface area contributed by atoms with E-state index in [1.165, 1.54) is 0 Å². The Kier molecular flexibility index (Phi) is 5.15. The van der Waals surface area contributed by atoms with Gasteiger partial charge in [-0.15, -0.1) is 0 Å². The van der Waals surface area contributed by atoms with E-state index in [2.05, 4.69) is 21.2 Å². The molecule has 0 aliphatic heterocycles. The highest BCUT2D eigenvalue weighted by atomic mass is 79.9. The first-order valence-electron chi connectivity index (χ1n) is 5.73. The summed E-state index contributed by atoms with van der Waals surface area (Å²) in [4.78, 5) is 11.8. The van der Waals surface area contributed by atoms with Gasteiger partial charge < -0.3 is 11.1 Å². The summed E-state index contributed by atoms with van der Waals surface area (Å²) >= 11 is 3.38. The van der Waals surface area contributed by atoms with Crippen molar-refractivity contribution in [2.24, 2.45) is 11.7 Å². The lowest BCUT2D eigenvalue weighted by Gasteiger charge is -2.20. The fourth-order valence-electron chi connectivity index (χ4n) is 1.45. The van der Waals surface area contributed by atoms with E-state index >= 15 is 0 Å². The Hall–Kier alpha value is -0.870. The lowest BCUT2D eigenvalue weighted by Crippen LogP contribution is -2.44. The van der Waals surface area contributed by atoms with Crippen molar-refractivity contribution in [1.29, 1.82) is 0 Å². The van der Waals surface area contributed by atoms with Crippen molar-refractivity contribution in [2.75, 3.05) is 0 Å². The standard InChI is InChI=1S/C13H19BrN2O/c1-8(2)12(15)13(17)16-9(3)10-4-6-11(14)7-5-10/h4-9,12H,15H2,1-3H3,(H,16,17)/t9-,12?/m0/s1. The summed E-state index contributed by atoms with van der Waals surface area (Å²) in [5.74, 6) is 0.0440. The molecule has 0 spiro atoms. The molecule has 1 rings (SSSR count). The number of hydrogen-bond acceptors (Lipinski definition) is 2. The molecule has 4 heteroatoms. The predicted molar refractivity (Wildman–Crippen MR) is 73.5 cm³/mol. The molecule has 0 saturated heterocycles. The van der Waals surface area contributed by atoms with Crippen molar-refractivity contribution >= 4 is 21.8 Å². The summed E-state index contributed by atoms with van der Waals surface area (Å²) in [6.07, 6.45) is 0. The zero-order valence-electron chi connectivity index (χ0n) is 10.4. The average Bonchev–Trinajstić information content (AvgIpc) is 2.28. The Morgan fingerprint density at radius 3 is 2.24 bits per heavy atom. The topological polar surface area (TPSA) is 55.1 Å². The van der Waals surface area contributed by atoms with Crippen LogP contribution in [0.2, 0.25) is 0 Å². The first-order valence-corrected chi connectivity index (χ1v) is 6.52. The van der Waals surface area contributed by atoms with Crippen molar-refractivity contribution in [3.05, 3.63) is 34.3 Å². The van der Waals surface area contributed by atoms with Crippen molar-refractivity contribution in [1.82, 2.24) is 5.32 Å². The Morgan fingerprint density at radius 1 is 1.24 bits per heavy atom. The molecule has 2 atom stereocenters. The maximum atomic E-state index is 11.8. The van der Waals surface area contributed by atoms with Crippen LogP contribution in [-0.2, 0) is 4.79 Å². The van der Waals surface area contributed by atoms with Crippen molar-refractivity contribution in [2.45, 2.75) is 32.9 Å². The molecule has 1 unspecified atom stereocenters. The summed E-state index contributed by atoms with van der Waals surface area (Å²) in [5.41, 5.74) is 6.86. The van der Waals surface area contributed by atoms with E-state index in [9.17, 15) is 4.79 Å². The normalized spacial score (nSPS) is 14.5. The highest BCUT2D eigenvalue weighted by Gasteiger charge is 2.19. The summed E-state index contributed by atoms with van der Waals surface area (Å²) in [6.45, 7) is 5.83. The second-order valence-electron chi connectivity index (χ2n) is 4.55. The SMILES string of the molecule is CC(C)C(N)C(=O)N[C@@H](C)c1ccc(Br)cc1. The van der Waals surface area contributed by atoms with Crippen LogP contribution in [0.1, 0.15) is 32.4 Å². The van der Waals surface area contributed by atoms with Crippen LogP contribution < -0.4 is 11.1 Å². The van der Waals surface area contributed by atoms with Gasteiger partial charge in [0.15, 0.2) is 0 Å². The summed E-state index contributed by atoms with van der Waals surface area (Å²) in [6, 6.07) is 7.40. The molecule has 0 fully saturated rings. The van der Waals surface area contributed by atoms with Crippen LogP contribution in [0.5, 0.6) is 0 Å². The maximum Gasteiger partial charge on any atom is 0.237 e. The molecule has 0 heterocycles. The fraction of sp³-hybridized carbons (Fsp3) is 0.462. The highest BCUT2D eigenvalue weighted by molar-refractivity contribution is 9.10. The third-order valence-electron chi connectivity index (χ3n) is 2.75. The summed E-state index contributed by atoms with van der Waals surface area (Å²) in [5, 5.41) is 2.92. The third kappa shape index (κ3) is 4.13. The average molecular weight is 299 g/mol. The molecule has 0 saturated carbocycles. The van der Waals surface area contributed by atoms with Crippen LogP contribution in [0.25, 0.3) is 0 Å². The van der Waals surface area contributed by atoms with E-state index in [0.29, 0.717) is 0 Å². The van der Waals surface area contributed by atoms with Gasteiger partial charge in [0.25, 0.3) is 0 Å². The van der Waals surface area contributed by atoms with Gasteiger partial charge >= 0.3 is 0 Å². The Morgan fingerprint density at radius 2 is 1.76 bits per heavy atom. The number of rotatable bonds is 4. The van der Waals surface area contributed by atoms with Gasteiger partial charge in [-0.25, -0.2) is 0 Å². The van der Waals surface area contributed by atoms with Crippen molar-refractivity contribution < 1.29 is 4.79 Å². The lowest BCUT2D eigenvalue weighted by atomic mass is 10.0. The Labute approximate surface area is 111 Å². The van der Waals surface area contributed by atoms with E-state index < -0.39 is 6.04 Å². The van der Waals surface area contributed by atoms with Gasteiger partial charge in [-0.2, -0.15) is 0 Å². The van der Waals surface area contributed by atoms with Gasteiger partial charge in [0.05, 0.1) is 12.1 Å². The number of nitrogens with two attached hydrogens (primary N) is 1. The molecule has 94 valence electrons. The largest absolute Gasteiger partial charge is 0.348 e. The fourth-order valence-corrected chi connectivity index (χ4v) is 1.71. The molecule has 0 aliphatic carbocycles. The first-order chi connectivity index (χ1) is 7.91. The smallest absolute Gasteiger partial charge is 0.237 e. The molecular formula is C13H19BrN2O. The van der Waals surface area contributed by atoms with Crippen LogP contribution in [0, 0.1) is 5.92 Å². The molecule has 17 heavy (non-hydrogen) atoms. The molecule has 0 aliphatic rings. The molecule has 1 amide bonds. The van der Waals surface area contributed by atoms with E-state index in [0.717, 1.165) is 10.0 Å². The Balaban J connectivity index is 2.63. The first kappa shape index (κ1) is 14.2. The van der Waals surface area contributed by atoms with Crippen LogP contribution in [0.4, 0.5) is 0 Å². The van der Waals surface area contributed by atoms with Crippen LogP contribution in [-0.4, -0.2) is 11.9 Å². The Bertz CT molecular complexity index is 376. The molecule has 3 nitrogen and oxygen atoms in total. The number of benzene rings is 1. The zero-order chi connectivity index (χ0) is 13.0. The second kappa shape index (κ2) is 6.17. The minimum absolute atomic E-state index is 0.0274. The number of hydrogen-bond donors (Lipinski definition) is 2. The van der Waals surface area contributed by atoms with Crippen LogP contribution in [0.3, 0.4) is 0 Å². The van der Waals surface area contributed by atoms with E-state index in [1.807, 2.05) is 45.0 Å². The molecule has 1 aromatic carbocycles. The van der Waals surface area contributed by atoms with Crippen LogP contribution >= 0.6 is 15.9 Å². The third-order valence-corrected chi connectivity index (χ3v) is 3.28. The number of nitrogens with one attached hydrogen (secondary N) is 1. The summed E-state index contributed by atoms with van der Waals surface area (Å²) in [7, 11) is 0. The maximum absolute atomic E-state index is 11.8. The van der Waals surface area contributed by atoms with Gasteiger partial charge in [-0.3, -0.25) is 4.79 Å². The highest BCUT2D eigenvalue weighted by Crippen LogP contribution is 2.16. The molecule has 0 bridgehead atoms. The number of carbonyl (C=O) groups is 1. The van der Waals surface area contributed by atoms with Crippen molar-refractivity contribution in [3.8, 4) is 0 Å². The summed E-state index contributed by atoms with van der Waals surface area (Å²) < 4.78 is 1.03. The molecular weight excluding hydrogens is 280 g/mol. The monoisotopic (exact) mass is 298 g/mol. The number of amides is 1. The number of carbonyl (C=O) groups excluding carboxylic acids is 1. The molecule has 0 aromatic heterocycles. The van der Waals surface area contributed by atoms with Gasteiger partial charge in [-0.1, -0.05) is 41.9 Å². The van der Waals surface area contributed by atoms with E-state index in [-0.39, 0.29) is 17.9 Å². The molecule has 1 aromatic rings. The number of halogens is 1. The van der Waals surface area contributed by atoms with E-state index in [4.69, 9.17) is 5.73 Å². The second-order valence-corrected chi connectivity index (χ2v) is 5.47. The van der Waals surface area contributed by atoms with Crippen LogP contribution in [0.15, 0.2) is 28.7 Å².